The summed E-state index contributed by atoms with van der Waals surface area (Å²) in [5.74, 6) is -0.619. The summed E-state index contributed by atoms with van der Waals surface area (Å²) in [7, 11) is 1.58. The Kier molecular flexibility index (Phi) is 3.24. The summed E-state index contributed by atoms with van der Waals surface area (Å²) in [5.41, 5.74) is 0.650. The van der Waals surface area contributed by atoms with E-state index < -0.39 is 10.7 Å². The molecule has 82 valence electrons. The molecule has 0 aliphatic heterocycles. The van der Waals surface area contributed by atoms with Crippen molar-refractivity contribution in [3.8, 4) is 0 Å². The highest BCUT2D eigenvalue weighted by Gasteiger charge is 2.19. The average molecular weight is 212 g/mol. The second kappa shape index (κ2) is 4.25. The Hall–Kier alpha value is -1.65. The van der Waals surface area contributed by atoms with Crippen molar-refractivity contribution in [3.63, 3.8) is 0 Å². The fourth-order valence-electron chi connectivity index (χ4n) is 1.39. The zero-order valence-electron chi connectivity index (χ0n) is 8.87. The molecule has 0 spiro atoms. The molecule has 1 rings (SSSR count). The Bertz CT molecular complexity index is 391. The normalized spacial score (nSPS) is 10.5. The molecule has 4 nitrogen and oxygen atoms in total. The first kappa shape index (κ1) is 11.4. The quantitative estimate of drug-likeness (QED) is 0.619. The topological polar surface area (TPSA) is 55.2 Å². The van der Waals surface area contributed by atoms with Gasteiger partial charge >= 0.3 is 0 Å². The zero-order chi connectivity index (χ0) is 11.6. The summed E-state index contributed by atoms with van der Waals surface area (Å²) < 4.78 is 13.3. The van der Waals surface area contributed by atoms with Crippen molar-refractivity contribution in [3.05, 3.63) is 33.6 Å². The maximum Gasteiger partial charge on any atom is 0.275 e. The van der Waals surface area contributed by atoms with Gasteiger partial charge in [0.1, 0.15) is 0 Å². The molecule has 0 unspecified atom stereocenters. The van der Waals surface area contributed by atoms with Crippen molar-refractivity contribution < 1.29 is 9.31 Å². The van der Waals surface area contributed by atoms with E-state index >= 15 is 0 Å². The van der Waals surface area contributed by atoms with Crippen LogP contribution in [0.25, 0.3) is 0 Å². The number of halogens is 1. The summed E-state index contributed by atoms with van der Waals surface area (Å²) in [6.45, 7) is 3.67. The minimum Gasteiger partial charge on any atom is -0.386 e. The van der Waals surface area contributed by atoms with Crippen molar-refractivity contribution in [2.75, 3.05) is 12.4 Å². The van der Waals surface area contributed by atoms with Crippen molar-refractivity contribution in [2.45, 2.75) is 19.8 Å². The number of rotatable bonds is 3. The van der Waals surface area contributed by atoms with E-state index in [-0.39, 0.29) is 17.3 Å². The molecule has 0 bridgehead atoms. The zero-order valence-corrected chi connectivity index (χ0v) is 8.87. The highest BCUT2D eigenvalue weighted by atomic mass is 19.1. The number of nitro benzene ring substituents is 1. The van der Waals surface area contributed by atoms with Crippen LogP contribution >= 0.6 is 0 Å². The fraction of sp³-hybridized carbons (Fsp3) is 0.400. The van der Waals surface area contributed by atoms with Crippen molar-refractivity contribution in [2.24, 2.45) is 0 Å². The van der Waals surface area contributed by atoms with E-state index in [0.717, 1.165) is 6.07 Å². The van der Waals surface area contributed by atoms with Crippen LogP contribution in [0.1, 0.15) is 25.3 Å². The highest BCUT2D eigenvalue weighted by molar-refractivity contribution is 5.56. The van der Waals surface area contributed by atoms with Gasteiger partial charge in [-0.15, -0.1) is 0 Å². The van der Waals surface area contributed by atoms with E-state index in [4.69, 9.17) is 0 Å². The van der Waals surface area contributed by atoms with Crippen LogP contribution in [0.3, 0.4) is 0 Å². The largest absolute Gasteiger partial charge is 0.386 e. The Morgan fingerprint density at radius 2 is 2.07 bits per heavy atom. The monoisotopic (exact) mass is 212 g/mol. The molecule has 1 aromatic carbocycles. The van der Waals surface area contributed by atoms with Gasteiger partial charge in [-0.25, -0.2) is 4.39 Å². The van der Waals surface area contributed by atoms with Crippen LogP contribution in [-0.4, -0.2) is 12.0 Å². The van der Waals surface area contributed by atoms with Crippen molar-refractivity contribution in [1.29, 1.82) is 0 Å². The van der Waals surface area contributed by atoms with Crippen LogP contribution in [0, 0.1) is 15.9 Å². The number of benzene rings is 1. The SMILES string of the molecule is CNc1cc(C(C)C)c([N+](=O)[O-])cc1F. The van der Waals surface area contributed by atoms with Gasteiger partial charge in [-0.3, -0.25) is 10.1 Å². The highest BCUT2D eigenvalue weighted by Crippen LogP contribution is 2.31. The number of nitrogens with zero attached hydrogens (tertiary/aromatic N) is 1. The Morgan fingerprint density at radius 1 is 1.47 bits per heavy atom. The van der Waals surface area contributed by atoms with Gasteiger partial charge in [0, 0.05) is 12.6 Å². The molecule has 0 saturated carbocycles. The molecule has 1 aromatic rings. The van der Waals surface area contributed by atoms with Crippen LogP contribution in [0.5, 0.6) is 0 Å². The molecule has 5 heteroatoms. The van der Waals surface area contributed by atoms with Gasteiger partial charge in [0.25, 0.3) is 5.69 Å². The van der Waals surface area contributed by atoms with E-state index in [0.29, 0.717) is 5.56 Å². The molecule has 0 saturated heterocycles. The second-order valence-electron chi connectivity index (χ2n) is 3.55. The van der Waals surface area contributed by atoms with Crippen LogP contribution in [0.15, 0.2) is 12.1 Å². The summed E-state index contributed by atoms with van der Waals surface area (Å²) in [5, 5.41) is 13.4. The van der Waals surface area contributed by atoms with E-state index in [1.54, 1.807) is 7.05 Å². The third-order valence-corrected chi connectivity index (χ3v) is 2.20. The fourth-order valence-corrected chi connectivity index (χ4v) is 1.39. The third-order valence-electron chi connectivity index (χ3n) is 2.20. The van der Waals surface area contributed by atoms with Gasteiger partial charge in [-0.05, 0) is 12.0 Å². The molecule has 15 heavy (non-hydrogen) atoms. The van der Waals surface area contributed by atoms with E-state index in [9.17, 15) is 14.5 Å². The smallest absolute Gasteiger partial charge is 0.275 e. The third kappa shape index (κ3) is 2.23. The van der Waals surface area contributed by atoms with E-state index in [1.165, 1.54) is 6.07 Å². The Morgan fingerprint density at radius 3 is 2.47 bits per heavy atom. The van der Waals surface area contributed by atoms with Crippen LogP contribution in [-0.2, 0) is 0 Å². The van der Waals surface area contributed by atoms with Gasteiger partial charge < -0.3 is 5.32 Å². The molecule has 0 fully saturated rings. The molecule has 1 N–H and O–H groups in total. The second-order valence-corrected chi connectivity index (χ2v) is 3.55. The van der Waals surface area contributed by atoms with Crippen molar-refractivity contribution >= 4 is 11.4 Å². The molecule has 0 aromatic heterocycles. The van der Waals surface area contributed by atoms with Gasteiger partial charge in [-0.1, -0.05) is 13.8 Å². The maximum atomic E-state index is 13.3. The molecule has 0 atom stereocenters. The standard InChI is InChI=1S/C10H13FN2O2/c1-6(2)7-4-9(12-3)8(11)5-10(7)13(14)15/h4-6,12H,1-3H3. The van der Waals surface area contributed by atoms with Crippen LogP contribution in [0.4, 0.5) is 15.8 Å². The number of anilines is 1. The lowest BCUT2D eigenvalue weighted by atomic mass is 10.0. The molecule has 0 amide bonds. The Balaban J connectivity index is 3.38. The lowest BCUT2D eigenvalue weighted by molar-refractivity contribution is -0.385. The van der Waals surface area contributed by atoms with Crippen molar-refractivity contribution in [1.82, 2.24) is 0 Å². The van der Waals surface area contributed by atoms with Gasteiger partial charge in [0.05, 0.1) is 16.7 Å². The Labute approximate surface area is 87.3 Å². The number of nitro groups is 1. The number of nitrogens with one attached hydrogen (secondary N) is 1. The molecular formula is C10H13FN2O2. The summed E-state index contributed by atoms with van der Waals surface area (Å²) in [6.07, 6.45) is 0. The predicted molar refractivity (Wildman–Crippen MR) is 56.7 cm³/mol. The lowest BCUT2D eigenvalue weighted by Gasteiger charge is -2.09. The summed E-state index contributed by atoms with van der Waals surface area (Å²) in [4.78, 5) is 10.1. The van der Waals surface area contributed by atoms with Crippen LogP contribution < -0.4 is 5.32 Å². The molecular weight excluding hydrogens is 199 g/mol. The van der Waals surface area contributed by atoms with Crippen LogP contribution in [0.2, 0.25) is 0 Å². The van der Waals surface area contributed by atoms with E-state index in [1.807, 2.05) is 13.8 Å². The molecule has 0 aliphatic carbocycles. The number of hydrogen-bond acceptors (Lipinski definition) is 3. The van der Waals surface area contributed by atoms with Gasteiger partial charge in [0.2, 0.25) is 0 Å². The van der Waals surface area contributed by atoms with Gasteiger partial charge in [-0.2, -0.15) is 0 Å². The molecule has 0 heterocycles. The van der Waals surface area contributed by atoms with E-state index in [2.05, 4.69) is 5.32 Å². The summed E-state index contributed by atoms with van der Waals surface area (Å²) in [6, 6.07) is 2.44. The lowest BCUT2D eigenvalue weighted by Crippen LogP contribution is -2.01. The van der Waals surface area contributed by atoms with Gasteiger partial charge in [0.15, 0.2) is 5.82 Å². The first-order valence-electron chi connectivity index (χ1n) is 4.63. The first-order chi connectivity index (χ1) is 6.97. The summed E-state index contributed by atoms with van der Waals surface area (Å²) >= 11 is 0. The maximum absolute atomic E-state index is 13.3. The minimum atomic E-state index is -0.603. The number of hydrogen-bond donors (Lipinski definition) is 1. The average Bonchev–Trinajstić information content (AvgIpc) is 2.16. The molecule has 0 radical (unpaired) electrons. The minimum absolute atomic E-state index is 0.0156. The first-order valence-corrected chi connectivity index (χ1v) is 4.63. The molecule has 0 aliphatic rings. The predicted octanol–water partition coefficient (Wildman–Crippen LogP) is 2.90.